The number of nitrogens with one attached hydrogen (secondary N) is 1. The highest BCUT2D eigenvalue weighted by molar-refractivity contribution is 5.94. The zero-order chi connectivity index (χ0) is 15.2. The Labute approximate surface area is 122 Å². The van der Waals surface area contributed by atoms with Crippen LogP contribution in [0.5, 0.6) is 11.5 Å². The van der Waals surface area contributed by atoms with E-state index in [-0.39, 0.29) is 18.2 Å². The molecule has 21 heavy (non-hydrogen) atoms. The van der Waals surface area contributed by atoms with Crippen molar-refractivity contribution in [3.05, 3.63) is 59.7 Å². The van der Waals surface area contributed by atoms with E-state index in [1.54, 1.807) is 18.2 Å². The quantitative estimate of drug-likeness (QED) is 0.784. The zero-order valence-electron chi connectivity index (χ0n) is 11.6. The van der Waals surface area contributed by atoms with E-state index in [2.05, 4.69) is 5.32 Å². The molecule has 0 heterocycles. The molecule has 0 bridgehead atoms. The minimum atomic E-state index is -0.776. The van der Waals surface area contributed by atoms with Gasteiger partial charge in [0.1, 0.15) is 0 Å². The summed E-state index contributed by atoms with van der Waals surface area (Å²) in [7, 11) is 1.44. The lowest BCUT2D eigenvalue weighted by Crippen LogP contribution is -2.28. The number of amides is 1. The topological polar surface area (TPSA) is 78.8 Å². The van der Waals surface area contributed by atoms with Crippen molar-refractivity contribution >= 4 is 5.91 Å². The summed E-state index contributed by atoms with van der Waals surface area (Å²) >= 11 is 0. The molecule has 0 saturated carbocycles. The molecule has 0 aliphatic carbocycles. The van der Waals surface area contributed by atoms with Crippen LogP contribution in [-0.4, -0.2) is 29.8 Å². The number of methoxy groups -OCH3 is 1. The van der Waals surface area contributed by atoms with Gasteiger partial charge in [-0.3, -0.25) is 4.79 Å². The van der Waals surface area contributed by atoms with Gasteiger partial charge in [-0.25, -0.2) is 0 Å². The minimum absolute atomic E-state index is 0.0929. The first kappa shape index (κ1) is 14.9. The van der Waals surface area contributed by atoms with Crippen molar-refractivity contribution in [1.82, 2.24) is 5.32 Å². The third kappa shape index (κ3) is 3.73. The number of aliphatic hydroxyl groups is 1. The second-order valence-electron chi connectivity index (χ2n) is 4.52. The first-order chi connectivity index (χ1) is 10.1. The molecule has 2 rings (SSSR count). The van der Waals surface area contributed by atoms with Crippen molar-refractivity contribution in [3.8, 4) is 11.5 Å². The predicted octanol–water partition coefficient (Wildman–Crippen LogP) is 1.86. The second kappa shape index (κ2) is 6.76. The Bertz CT molecular complexity index is 613. The van der Waals surface area contributed by atoms with Crippen LogP contribution in [0.2, 0.25) is 0 Å². The molecule has 0 spiro atoms. The minimum Gasteiger partial charge on any atom is -0.504 e. The fourth-order valence-electron chi connectivity index (χ4n) is 1.92. The van der Waals surface area contributed by atoms with Gasteiger partial charge in [-0.1, -0.05) is 30.3 Å². The molecule has 1 atom stereocenters. The van der Waals surface area contributed by atoms with Crippen molar-refractivity contribution in [1.29, 1.82) is 0 Å². The number of rotatable bonds is 5. The van der Waals surface area contributed by atoms with Crippen LogP contribution < -0.4 is 10.1 Å². The van der Waals surface area contributed by atoms with Gasteiger partial charge in [-0.05, 0) is 23.8 Å². The standard InChI is InChI=1S/C16H17NO4/c1-21-15-8-7-12(9-13(15)18)16(20)17-10-14(19)11-5-3-2-4-6-11/h2-9,14,18-19H,10H2,1H3,(H,17,20). The number of benzene rings is 2. The highest BCUT2D eigenvalue weighted by atomic mass is 16.5. The Balaban J connectivity index is 1.97. The number of aromatic hydroxyl groups is 1. The lowest BCUT2D eigenvalue weighted by molar-refractivity contribution is 0.0916. The molecule has 0 aliphatic heterocycles. The zero-order valence-corrected chi connectivity index (χ0v) is 11.6. The van der Waals surface area contributed by atoms with E-state index in [9.17, 15) is 15.0 Å². The van der Waals surface area contributed by atoms with Crippen molar-refractivity contribution in [2.75, 3.05) is 13.7 Å². The molecule has 2 aromatic carbocycles. The molecule has 0 fully saturated rings. The summed E-state index contributed by atoms with van der Waals surface area (Å²) in [6.45, 7) is 0.0929. The van der Waals surface area contributed by atoms with Crippen LogP contribution >= 0.6 is 0 Å². The average Bonchev–Trinajstić information content (AvgIpc) is 2.53. The van der Waals surface area contributed by atoms with E-state index in [4.69, 9.17) is 4.74 Å². The fourth-order valence-corrected chi connectivity index (χ4v) is 1.92. The lowest BCUT2D eigenvalue weighted by Gasteiger charge is -2.12. The Morgan fingerprint density at radius 2 is 1.95 bits per heavy atom. The van der Waals surface area contributed by atoms with Gasteiger partial charge < -0.3 is 20.3 Å². The number of hydrogen-bond donors (Lipinski definition) is 3. The summed E-state index contributed by atoms with van der Waals surface area (Å²) in [4.78, 5) is 12.0. The van der Waals surface area contributed by atoms with Gasteiger partial charge in [-0.2, -0.15) is 0 Å². The molecule has 0 radical (unpaired) electrons. The fraction of sp³-hybridized carbons (Fsp3) is 0.188. The number of aliphatic hydroxyl groups excluding tert-OH is 1. The predicted molar refractivity (Wildman–Crippen MR) is 78.4 cm³/mol. The molecule has 110 valence electrons. The highest BCUT2D eigenvalue weighted by Gasteiger charge is 2.12. The van der Waals surface area contributed by atoms with Crippen LogP contribution in [0, 0.1) is 0 Å². The molecule has 1 unspecified atom stereocenters. The molecule has 2 aromatic rings. The normalized spacial score (nSPS) is 11.7. The monoisotopic (exact) mass is 287 g/mol. The number of carbonyl (C=O) groups is 1. The summed E-state index contributed by atoms with van der Waals surface area (Å²) in [5.74, 6) is -0.174. The number of ether oxygens (including phenoxy) is 1. The Morgan fingerprint density at radius 1 is 1.24 bits per heavy atom. The van der Waals surface area contributed by atoms with Crippen molar-refractivity contribution in [2.45, 2.75) is 6.10 Å². The van der Waals surface area contributed by atoms with Crippen LogP contribution in [0.3, 0.4) is 0 Å². The summed E-state index contributed by atoms with van der Waals surface area (Å²) in [5.41, 5.74) is 1.03. The van der Waals surface area contributed by atoms with Gasteiger partial charge in [0.2, 0.25) is 0 Å². The summed E-state index contributed by atoms with van der Waals surface area (Å²) in [6.07, 6.45) is -0.776. The molecular weight excluding hydrogens is 270 g/mol. The van der Waals surface area contributed by atoms with Crippen LogP contribution in [0.25, 0.3) is 0 Å². The van der Waals surface area contributed by atoms with Crippen molar-refractivity contribution in [2.24, 2.45) is 0 Å². The third-order valence-electron chi connectivity index (χ3n) is 3.08. The van der Waals surface area contributed by atoms with E-state index in [0.717, 1.165) is 5.56 Å². The largest absolute Gasteiger partial charge is 0.504 e. The first-order valence-electron chi connectivity index (χ1n) is 6.50. The maximum Gasteiger partial charge on any atom is 0.251 e. The van der Waals surface area contributed by atoms with Gasteiger partial charge >= 0.3 is 0 Å². The summed E-state index contributed by atoms with van der Waals surface area (Å²) in [5, 5.41) is 22.2. The molecule has 0 saturated heterocycles. The number of carbonyl (C=O) groups excluding carboxylic acids is 1. The van der Waals surface area contributed by atoms with Gasteiger partial charge in [0.15, 0.2) is 11.5 Å². The smallest absolute Gasteiger partial charge is 0.251 e. The van der Waals surface area contributed by atoms with Crippen molar-refractivity contribution in [3.63, 3.8) is 0 Å². The Hall–Kier alpha value is -2.53. The van der Waals surface area contributed by atoms with Crippen LogP contribution in [0.4, 0.5) is 0 Å². The molecule has 5 nitrogen and oxygen atoms in total. The van der Waals surface area contributed by atoms with Gasteiger partial charge in [0.25, 0.3) is 5.91 Å². The van der Waals surface area contributed by atoms with Crippen LogP contribution in [0.15, 0.2) is 48.5 Å². The van der Waals surface area contributed by atoms with E-state index in [1.807, 2.05) is 18.2 Å². The average molecular weight is 287 g/mol. The van der Waals surface area contributed by atoms with Gasteiger partial charge in [-0.15, -0.1) is 0 Å². The molecular formula is C16H17NO4. The second-order valence-corrected chi connectivity index (χ2v) is 4.52. The number of phenolic OH excluding ortho intramolecular Hbond substituents is 1. The molecule has 0 aliphatic rings. The Kier molecular flexibility index (Phi) is 4.79. The lowest BCUT2D eigenvalue weighted by atomic mass is 10.1. The first-order valence-corrected chi connectivity index (χ1v) is 6.50. The van der Waals surface area contributed by atoms with E-state index < -0.39 is 6.10 Å². The van der Waals surface area contributed by atoms with Crippen LogP contribution in [0.1, 0.15) is 22.0 Å². The number of phenols is 1. The number of hydrogen-bond acceptors (Lipinski definition) is 4. The molecule has 1 amide bonds. The van der Waals surface area contributed by atoms with E-state index in [1.165, 1.54) is 19.2 Å². The maximum atomic E-state index is 12.0. The van der Waals surface area contributed by atoms with Gasteiger partial charge in [0, 0.05) is 12.1 Å². The van der Waals surface area contributed by atoms with Gasteiger partial charge in [0.05, 0.1) is 13.2 Å². The van der Waals surface area contributed by atoms with Crippen molar-refractivity contribution < 1.29 is 19.7 Å². The molecule has 3 N–H and O–H groups in total. The van der Waals surface area contributed by atoms with Crippen LogP contribution in [-0.2, 0) is 0 Å². The third-order valence-corrected chi connectivity index (χ3v) is 3.08. The summed E-state index contributed by atoms with van der Waals surface area (Å²) < 4.78 is 4.91. The maximum absolute atomic E-state index is 12.0. The Morgan fingerprint density at radius 3 is 2.57 bits per heavy atom. The van der Waals surface area contributed by atoms with E-state index >= 15 is 0 Å². The molecule has 0 aromatic heterocycles. The summed E-state index contributed by atoms with van der Waals surface area (Å²) in [6, 6.07) is 13.5. The molecule has 5 heteroatoms. The highest BCUT2D eigenvalue weighted by Crippen LogP contribution is 2.26. The SMILES string of the molecule is COc1ccc(C(=O)NCC(O)c2ccccc2)cc1O. The van der Waals surface area contributed by atoms with E-state index in [0.29, 0.717) is 11.3 Å².